The third kappa shape index (κ3) is 3.56. The van der Waals surface area contributed by atoms with E-state index in [1.54, 1.807) is 10.7 Å². The predicted octanol–water partition coefficient (Wildman–Crippen LogP) is 2.93. The molecule has 3 aromatic rings. The van der Waals surface area contributed by atoms with Crippen molar-refractivity contribution in [3.8, 4) is 5.82 Å². The number of rotatable bonds is 4. The first-order valence-electron chi connectivity index (χ1n) is 7.52. The summed E-state index contributed by atoms with van der Waals surface area (Å²) in [5, 5.41) is 5.02. The van der Waals surface area contributed by atoms with Crippen LogP contribution in [0.2, 0.25) is 10.0 Å². The lowest BCUT2D eigenvalue weighted by atomic mass is 10.2. The van der Waals surface area contributed by atoms with Crippen molar-refractivity contribution >= 4 is 40.6 Å². The summed E-state index contributed by atoms with van der Waals surface area (Å²) in [7, 11) is 0. The van der Waals surface area contributed by atoms with Gasteiger partial charge in [-0.1, -0.05) is 23.2 Å². The van der Waals surface area contributed by atoms with E-state index in [1.807, 2.05) is 19.9 Å². The number of nitrogens with zero attached hydrogens (tertiary/aromatic N) is 4. The number of nitrogens with two attached hydrogens (primary N) is 1. The van der Waals surface area contributed by atoms with Gasteiger partial charge in [0.05, 0.1) is 16.3 Å². The topological polar surface area (TPSA) is 111 Å². The Hall–Kier alpha value is -2.84. The molecule has 0 aliphatic rings. The van der Waals surface area contributed by atoms with Gasteiger partial charge in [-0.25, -0.2) is 14.6 Å². The lowest BCUT2D eigenvalue weighted by molar-refractivity contribution is 0.0962. The SMILES string of the molecule is Cc1cc(C)n(-c2ncnc(NNC(=O)c3ccc(Cl)cc3Cl)c2N)n1. The molecule has 0 saturated heterocycles. The van der Waals surface area contributed by atoms with Gasteiger partial charge in [0, 0.05) is 10.7 Å². The Bertz CT molecular complexity index is 987. The van der Waals surface area contributed by atoms with Crippen molar-refractivity contribution in [1.82, 2.24) is 25.2 Å². The highest BCUT2D eigenvalue weighted by molar-refractivity contribution is 6.36. The molecule has 3 rings (SSSR count). The van der Waals surface area contributed by atoms with Crippen LogP contribution in [0.1, 0.15) is 21.7 Å². The third-order valence-electron chi connectivity index (χ3n) is 3.54. The Morgan fingerprint density at radius 2 is 1.96 bits per heavy atom. The quantitative estimate of drug-likeness (QED) is 0.589. The van der Waals surface area contributed by atoms with Gasteiger partial charge in [0.1, 0.15) is 12.0 Å². The molecule has 0 aliphatic heterocycles. The molecule has 0 bridgehead atoms. The van der Waals surface area contributed by atoms with Gasteiger partial charge in [-0.3, -0.25) is 15.6 Å². The summed E-state index contributed by atoms with van der Waals surface area (Å²) < 4.78 is 1.61. The number of aryl methyl sites for hydroxylation is 2. The number of anilines is 2. The van der Waals surface area contributed by atoms with Crippen molar-refractivity contribution in [1.29, 1.82) is 0 Å². The fraction of sp³-hybridized carbons (Fsp3) is 0.125. The normalized spacial score (nSPS) is 10.6. The number of halogens is 2. The average molecular weight is 392 g/mol. The Kier molecular flexibility index (Phi) is 4.97. The van der Waals surface area contributed by atoms with Gasteiger partial charge in [0.2, 0.25) is 0 Å². The third-order valence-corrected chi connectivity index (χ3v) is 4.09. The zero-order chi connectivity index (χ0) is 18.8. The summed E-state index contributed by atoms with van der Waals surface area (Å²) in [6, 6.07) is 6.48. The van der Waals surface area contributed by atoms with Gasteiger partial charge in [0.25, 0.3) is 5.91 Å². The van der Waals surface area contributed by atoms with Gasteiger partial charge in [-0.15, -0.1) is 0 Å². The molecule has 26 heavy (non-hydrogen) atoms. The fourth-order valence-electron chi connectivity index (χ4n) is 2.35. The largest absolute Gasteiger partial charge is 0.393 e. The Labute approximate surface area is 159 Å². The summed E-state index contributed by atoms with van der Waals surface area (Å²) in [4.78, 5) is 20.5. The van der Waals surface area contributed by atoms with E-state index in [4.69, 9.17) is 28.9 Å². The number of hydrazine groups is 1. The van der Waals surface area contributed by atoms with Crippen LogP contribution in [0.5, 0.6) is 0 Å². The predicted molar refractivity (Wildman–Crippen MR) is 101 cm³/mol. The van der Waals surface area contributed by atoms with Crippen LogP contribution in [-0.4, -0.2) is 25.7 Å². The van der Waals surface area contributed by atoms with Gasteiger partial charge < -0.3 is 5.73 Å². The maximum absolute atomic E-state index is 12.3. The monoisotopic (exact) mass is 391 g/mol. The van der Waals surface area contributed by atoms with Crippen LogP contribution < -0.4 is 16.6 Å². The van der Waals surface area contributed by atoms with Gasteiger partial charge in [-0.05, 0) is 38.1 Å². The summed E-state index contributed by atoms with van der Waals surface area (Å²) in [6.07, 6.45) is 1.33. The lowest BCUT2D eigenvalue weighted by Gasteiger charge is -2.13. The lowest BCUT2D eigenvalue weighted by Crippen LogP contribution is -2.30. The van der Waals surface area contributed by atoms with Crippen LogP contribution in [0.15, 0.2) is 30.6 Å². The first-order chi connectivity index (χ1) is 12.4. The highest BCUT2D eigenvalue weighted by Crippen LogP contribution is 2.23. The van der Waals surface area contributed by atoms with Gasteiger partial charge >= 0.3 is 0 Å². The van der Waals surface area contributed by atoms with Crippen LogP contribution >= 0.6 is 23.2 Å². The fourth-order valence-corrected chi connectivity index (χ4v) is 2.85. The number of benzene rings is 1. The maximum Gasteiger partial charge on any atom is 0.271 e. The summed E-state index contributed by atoms with van der Waals surface area (Å²) >= 11 is 11.9. The van der Waals surface area contributed by atoms with Gasteiger partial charge in [0.15, 0.2) is 11.6 Å². The number of hydrogen-bond acceptors (Lipinski definition) is 6. The van der Waals surface area contributed by atoms with E-state index >= 15 is 0 Å². The molecule has 8 nitrogen and oxygen atoms in total. The molecule has 1 amide bonds. The maximum atomic E-state index is 12.3. The Morgan fingerprint density at radius 1 is 1.19 bits per heavy atom. The summed E-state index contributed by atoms with van der Waals surface area (Å²) in [5.41, 5.74) is 13.5. The molecule has 1 aromatic carbocycles. The zero-order valence-corrected chi connectivity index (χ0v) is 15.4. The molecule has 2 heterocycles. The molecular weight excluding hydrogens is 377 g/mol. The highest BCUT2D eigenvalue weighted by atomic mass is 35.5. The number of carbonyl (C=O) groups is 1. The standard InChI is InChI=1S/C16H15Cl2N7O/c1-8-5-9(2)25(24-8)15-13(19)14(20-7-21-15)22-23-16(26)11-4-3-10(17)6-12(11)18/h3-7H,19H2,1-2H3,(H,23,26)(H,20,21,22). The van der Waals surface area contributed by atoms with E-state index < -0.39 is 5.91 Å². The van der Waals surface area contributed by atoms with Crippen molar-refractivity contribution in [3.63, 3.8) is 0 Å². The molecule has 0 aliphatic carbocycles. The molecule has 0 atom stereocenters. The summed E-state index contributed by atoms with van der Waals surface area (Å²) in [6.45, 7) is 3.76. The van der Waals surface area contributed by atoms with Crippen LogP contribution in [0.25, 0.3) is 5.82 Å². The second-order valence-corrected chi connectivity index (χ2v) is 6.35. The minimum absolute atomic E-state index is 0.232. The highest BCUT2D eigenvalue weighted by Gasteiger charge is 2.15. The molecular formula is C16H15Cl2N7O. The Morgan fingerprint density at radius 3 is 2.62 bits per heavy atom. The van der Waals surface area contributed by atoms with E-state index in [9.17, 15) is 4.79 Å². The minimum atomic E-state index is -0.461. The molecule has 134 valence electrons. The second-order valence-electron chi connectivity index (χ2n) is 5.50. The van der Waals surface area contributed by atoms with Crippen molar-refractivity contribution < 1.29 is 4.79 Å². The van der Waals surface area contributed by atoms with Gasteiger partial charge in [-0.2, -0.15) is 5.10 Å². The van der Waals surface area contributed by atoms with Crippen molar-refractivity contribution in [2.75, 3.05) is 11.2 Å². The second kappa shape index (κ2) is 7.19. The molecule has 0 spiro atoms. The molecule has 0 saturated carbocycles. The number of amides is 1. The first-order valence-corrected chi connectivity index (χ1v) is 8.28. The van der Waals surface area contributed by atoms with E-state index in [-0.39, 0.29) is 22.1 Å². The molecule has 0 fully saturated rings. The van der Waals surface area contributed by atoms with Crippen LogP contribution in [-0.2, 0) is 0 Å². The number of aromatic nitrogens is 4. The molecule has 2 aromatic heterocycles. The number of nitrogen functional groups attached to an aromatic ring is 1. The van der Waals surface area contributed by atoms with Crippen LogP contribution in [0.3, 0.4) is 0 Å². The van der Waals surface area contributed by atoms with E-state index in [0.717, 1.165) is 11.4 Å². The van der Waals surface area contributed by atoms with Crippen molar-refractivity contribution in [3.05, 3.63) is 57.6 Å². The van der Waals surface area contributed by atoms with Crippen molar-refractivity contribution in [2.24, 2.45) is 0 Å². The number of hydrogen-bond donors (Lipinski definition) is 3. The van der Waals surface area contributed by atoms with Crippen LogP contribution in [0, 0.1) is 13.8 Å². The van der Waals surface area contributed by atoms with Crippen molar-refractivity contribution in [2.45, 2.75) is 13.8 Å². The van der Waals surface area contributed by atoms with Crippen LogP contribution in [0.4, 0.5) is 11.5 Å². The minimum Gasteiger partial charge on any atom is -0.393 e. The Balaban J connectivity index is 1.81. The average Bonchev–Trinajstić information content (AvgIpc) is 2.92. The van der Waals surface area contributed by atoms with E-state index in [0.29, 0.717) is 10.8 Å². The number of carbonyl (C=O) groups excluding carboxylic acids is 1. The molecule has 0 radical (unpaired) electrons. The molecule has 0 unspecified atom stereocenters. The zero-order valence-electron chi connectivity index (χ0n) is 13.9. The van der Waals surface area contributed by atoms with E-state index in [1.165, 1.54) is 18.5 Å². The first kappa shape index (κ1) is 18.0. The smallest absolute Gasteiger partial charge is 0.271 e. The molecule has 10 heteroatoms. The van der Waals surface area contributed by atoms with E-state index in [2.05, 4.69) is 25.9 Å². The molecule has 4 N–H and O–H groups in total. The number of nitrogens with one attached hydrogen (secondary N) is 2. The summed E-state index contributed by atoms with van der Waals surface area (Å²) in [5.74, 6) is 0.185.